The molecule has 1 nitrogen and oxygen atoms in total. The van der Waals surface area contributed by atoms with Gasteiger partial charge in [0.2, 0.25) is 0 Å². The van der Waals surface area contributed by atoms with Crippen LogP contribution < -0.4 is 25.6 Å². The average molecular weight is 836 g/mol. The van der Waals surface area contributed by atoms with Gasteiger partial charge in [0.05, 0.1) is 0 Å². The largest absolute Gasteiger partial charge is 0.310 e. The Balaban J connectivity index is 0.877. The maximum Gasteiger partial charge on any atom is 0.183 e. The van der Waals surface area contributed by atoms with Gasteiger partial charge in [0.25, 0.3) is 0 Å². The molecule has 2 aliphatic rings. The van der Waals surface area contributed by atoms with Gasteiger partial charge in [-0.15, -0.1) is 0 Å². The minimum atomic E-state index is -2.56. The third-order valence-electron chi connectivity index (χ3n) is 13.0. The van der Waals surface area contributed by atoms with E-state index >= 15 is 0 Å². The Bertz CT molecular complexity index is 3240. The summed E-state index contributed by atoms with van der Waals surface area (Å²) in [4.78, 5) is 5.11. The van der Waals surface area contributed by atoms with Gasteiger partial charge in [0.1, 0.15) is 0 Å². The van der Waals surface area contributed by atoms with Gasteiger partial charge < -0.3 is 4.90 Å². The summed E-state index contributed by atoms with van der Waals surface area (Å²) in [5.74, 6) is 0. The standard InChI is InChI=1S/C60H41NSSi/c1-3-14-42(15-4-1)43-26-28-44(29-27-43)45-34-37-51(38-35-45)61(50-17-5-2-6-18-50)52-19-13-16-48(40-52)46-30-32-47(33-31-46)49-36-39-56-60(41-49)63(59-25-12-9-22-55(59)62-56)57-23-10-7-20-53(57)54-21-8-11-24-58(54)63/h1-41H. The van der Waals surface area contributed by atoms with Crippen LogP contribution in [-0.4, -0.2) is 8.07 Å². The van der Waals surface area contributed by atoms with Crippen LogP contribution in [0.4, 0.5) is 17.1 Å². The second-order valence-electron chi connectivity index (χ2n) is 16.4. The normalized spacial score (nSPS) is 12.8. The van der Waals surface area contributed by atoms with Crippen LogP contribution >= 0.6 is 11.8 Å². The first kappa shape index (κ1) is 37.3. The molecule has 2 aliphatic heterocycles. The zero-order valence-corrected chi connectivity index (χ0v) is 36.3. The summed E-state index contributed by atoms with van der Waals surface area (Å²) < 4.78 is 0. The van der Waals surface area contributed by atoms with Gasteiger partial charge in [-0.25, -0.2) is 0 Å². The Morgan fingerprint density at radius 1 is 0.254 bits per heavy atom. The molecule has 63 heavy (non-hydrogen) atoms. The van der Waals surface area contributed by atoms with Gasteiger partial charge in [-0.2, -0.15) is 0 Å². The molecule has 1 spiro atoms. The van der Waals surface area contributed by atoms with E-state index in [0.717, 1.165) is 17.1 Å². The summed E-state index contributed by atoms with van der Waals surface area (Å²) >= 11 is 1.93. The molecule has 0 atom stereocenters. The lowest BCUT2D eigenvalue weighted by atomic mass is 9.99. The predicted molar refractivity (Wildman–Crippen MR) is 270 cm³/mol. The van der Waals surface area contributed by atoms with Crippen molar-refractivity contribution in [1.82, 2.24) is 0 Å². The van der Waals surface area contributed by atoms with Gasteiger partial charge in [0, 0.05) is 26.9 Å². The summed E-state index contributed by atoms with van der Waals surface area (Å²) in [6.07, 6.45) is 0. The summed E-state index contributed by atoms with van der Waals surface area (Å²) in [5, 5.41) is 6.00. The summed E-state index contributed by atoms with van der Waals surface area (Å²) in [6.45, 7) is 0. The van der Waals surface area contributed by atoms with E-state index in [2.05, 4.69) is 254 Å². The number of hydrogen-bond donors (Lipinski definition) is 0. The average Bonchev–Trinajstić information content (AvgIpc) is 3.65. The first-order valence-corrected chi connectivity index (χ1v) is 24.5. The Morgan fingerprint density at radius 3 is 1.27 bits per heavy atom. The molecule has 0 saturated carbocycles. The van der Waals surface area contributed by atoms with Gasteiger partial charge in [0.15, 0.2) is 8.07 Å². The molecular formula is C60H41NSSi. The van der Waals surface area contributed by atoms with Crippen molar-refractivity contribution in [2.75, 3.05) is 4.90 Å². The van der Waals surface area contributed by atoms with Crippen molar-refractivity contribution in [2.24, 2.45) is 0 Å². The van der Waals surface area contributed by atoms with E-state index in [0.29, 0.717) is 0 Å². The monoisotopic (exact) mass is 835 g/mol. The molecule has 10 aromatic rings. The van der Waals surface area contributed by atoms with Crippen molar-refractivity contribution in [3.8, 4) is 55.6 Å². The molecule has 0 N–H and O–H groups in total. The highest BCUT2D eigenvalue weighted by atomic mass is 32.2. The van der Waals surface area contributed by atoms with Crippen LogP contribution in [0, 0.1) is 0 Å². The van der Waals surface area contributed by atoms with Crippen LogP contribution in [0.25, 0.3) is 55.6 Å². The third-order valence-corrected chi connectivity index (χ3v) is 19.4. The molecule has 0 bridgehead atoms. The van der Waals surface area contributed by atoms with E-state index in [1.165, 1.54) is 86.2 Å². The van der Waals surface area contributed by atoms with E-state index in [1.807, 2.05) is 11.8 Å². The molecule has 0 unspecified atom stereocenters. The van der Waals surface area contributed by atoms with Crippen molar-refractivity contribution >= 4 is 57.6 Å². The van der Waals surface area contributed by atoms with E-state index in [1.54, 1.807) is 0 Å². The fourth-order valence-corrected chi connectivity index (χ4v) is 17.4. The van der Waals surface area contributed by atoms with Crippen molar-refractivity contribution in [3.05, 3.63) is 249 Å². The Morgan fingerprint density at radius 2 is 0.651 bits per heavy atom. The maximum absolute atomic E-state index is 2.56. The topological polar surface area (TPSA) is 3.24 Å². The second kappa shape index (κ2) is 15.5. The molecule has 3 heteroatoms. The van der Waals surface area contributed by atoms with Crippen molar-refractivity contribution in [3.63, 3.8) is 0 Å². The number of benzene rings is 10. The Kier molecular flexibility index (Phi) is 9.18. The highest BCUT2D eigenvalue weighted by Crippen LogP contribution is 2.41. The number of para-hydroxylation sites is 1. The Labute approximate surface area is 374 Å². The number of rotatable bonds is 7. The minimum absolute atomic E-state index is 1.11. The van der Waals surface area contributed by atoms with Gasteiger partial charge in [-0.05, 0) is 125 Å². The molecule has 296 valence electrons. The second-order valence-corrected chi connectivity index (χ2v) is 21.2. The van der Waals surface area contributed by atoms with Crippen LogP contribution in [0.5, 0.6) is 0 Å². The molecule has 12 rings (SSSR count). The quantitative estimate of drug-likeness (QED) is 0.147. The summed E-state index contributed by atoms with van der Waals surface area (Å²) in [7, 11) is -2.56. The molecule has 10 aromatic carbocycles. The van der Waals surface area contributed by atoms with Gasteiger partial charge in [-0.1, -0.05) is 212 Å². The van der Waals surface area contributed by atoms with Gasteiger partial charge in [-0.3, -0.25) is 0 Å². The van der Waals surface area contributed by atoms with Crippen LogP contribution in [0.15, 0.2) is 259 Å². The smallest absolute Gasteiger partial charge is 0.183 e. The highest BCUT2D eigenvalue weighted by Gasteiger charge is 2.52. The fraction of sp³-hybridized carbons (Fsp3) is 0. The molecule has 0 fully saturated rings. The molecule has 2 heterocycles. The van der Waals surface area contributed by atoms with Gasteiger partial charge >= 0.3 is 0 Å². The van der Waals surface area contributed by atoms with E-state index in [4.69, 9.17) is 0 Å². The predicted octanol–water partition coefficient (Wildman–Crippen LogP) is 13.6. The summed E-state index contributed by atoms with van der Waals surface area (Å²) in [5.41, 5.74) is 15.8. The number of anilines is 3. The number of fused-ring (bicyclic) bond motifs is 9. The van der Waals surface area contributed by atoms with E-state index in [-0.39, 0.29) is 0 Å². The van der Waals surface area contributed by atoms with Crippen LogP contribution in [0.1, 0.15) is 0 Å². The van der Waals surface area contributed by atoms with E-state index < -0.39 is 8.07 Å². The maximum atomic E-state index is 2.53. The zero-order chi connectivity index (χ0) is 41.7. The lowest BCUT2D eigenvalue weighted by Gasteiger charge is -2.38. The molecule has 0 amide bonds. The Hall–Kier alpha value is -7.43. The minimum Gasteiger partial charge on any atom is -0.310 e. The SMILES string of the molecule is c1ccc(-c2ccc(-c3ccc(N(c4ccccc4)c4cccc(-c5ccc(-c6ccc7c(c6)[Si]6(c8ccccc8S7)c7ccccc7-c7ccccc76)cc5)c4)cc3)cc2)cc1. The lowest BCUT2D eigenvalue weighted by Crippen LogP contribution is -2.74. The van der Waals surface area contributed by atoms with Crippen LogP contribution in [0.3, 0.4) is 0 Å². The summed E-state index contributed by atoms with van der Waals surface area (Å²) in [6, 6.07) is 91.9. The van der Waals surface area contributed by atoms with Crippen molar-refractivity contribution in [2.45, 2.75) is 9.79 Å². The number of nitrogens with zero attached hydrogens (tertiary/aromatic N) is 1. The number of hydrogen-bond acceptors (Lipinski definition) is 2. The molecule has 0 saturated heterocycles. The molecule has 0 aliphatic carbocycles. The first-order chi connectivity index (χ1) is 31.2. The first-order valence-electron chi connectivity index (χ1n) is 21.7. The molecule has 0 aromatic heterocycles. The molecular weight excluding hydrogens is 795 g/mol. The fourth-order valence-electron chi connectivity index (χ4n) is 10.0. The van der Waals surface area contributed by atoms with Crippen molar-refractivity contribution in [1.29, 1.82) is 0 Å². The zero-order valence-electron chi connectivity index (χ0n) is 34.5. The highest BCUT2D eigenvalue weighted by molar-refractivity contribution is 8.00. The van der Waals surface area contributed by atoms with Crippen LogP contribution in [-0.2, 0) is 0 Å². The molecule has 0 radical (unpaired) electrons. The van der Waals surface area contributed by atoms with Crippen LogP contribution in [0.2, 0.25) is 0 Å². The van der Waals surface area contributed by atoms with Crippen molar-refractivity contribution < 1.29 is 0 Å². The van der Waals surface area contributed by atoms with E-state index in [9.17, 15) is 0 Å². The third kappa shape index (κ3) is 6.31. The lowest BCUT2D eigenvalue weighted by molar-refractivity contribution is 1.28.